The third kappa shape index (κ3) is 2.69. The van der Waals surface area contributed by atoms with Gasteiger partial charge in [0.15, 0.2) is 11.5 Å². The van der Waals surface area contributed by atoms with Crippen molar-refractivity contribution in [3.8, 4) is 11.5 Å². The first kappa shape index (κ1) is 10.4. The molecule has 0 spiro atoms. The minimum Gasteiger partial charge on any atom is -0.486 e. The summed E-state index contributed by atoms with van der Waals surface area (Å²) < 4.78 is 10.9. The molecular formula is C12H14O2S. The third-order valence-corrected chi connectivity index (χ3v) is 2.43. The quantitative estimate of drug-likeness (QED) is 0.793. The molecule has 0 radical (unpaired) electrons. The maximum atomic E-state index is 5.50. The Kier molecular flexibility index (Phi) is 3.56. The number of hydrogen-bond acceptors (Lipinski definition) is 3. The van der Waals surface area contributed by atoms with Gasteiger partial charge in [0.2, 0.25) is 0 Å². The highest BCUT2D eigenvalue weighted by Gasteiger charge is 2.10. The van der Waals surface area contributed by atoms with Gasteiger partial charge in [0.25, 0.3) is 0 Å². The van der Waals surface area contributed by atoms with E-state index in [9.17, 15) is 0 Å². The molecule has 0 saturated carbocycles. The van der Waals surface area contributed by atoms with Crippen molar-refractivity contribution in [2.24, 2.45) is 0 Å². The smallest absolute Gasteiger partial charge is 0.161 e. The van der Waals surface area contributed by atoms with Crippen molar-refractivity contribution in [1.29, 1.82) is 0 Å². The molecule has 0 bridgehead atoms. The highest BCUT2D eigenvalue weighted by molar-refractivity contribution is 7.80. The minimum absolute atomic E-state index is 0.636. The van der Waals surface area contributed by atoms with Gasteiger partial charge in [-0.3, -0.25) is 0 Å². The lowest BCUT2D eigenvalue weighted by atomic mass is 10.1. The highest BCUT2D eigenvalue weighted by Crippen LogP contribution is 2.31. The van der Waals surface area contributed by atoms with Crippen LogP contribution in [0.1, 0.15) is 12.0 Å². The zero-order valence-corrected chi connectivity index (χ0v) is 9.37. The molecule has 15 heavy (non-hydrogen) atoms. The summed E-state index contributed by atoms with van der Waals surface area (Å²) in [5, 5.41) is 0. The van der Waals surface area contributed by atoms with Crippen molar-refractivity contribution in [2.45, 2.75) is 6.42 Å². The second-order valence-electron chi connectivity index (χ2n) is 3.32. The number of thiol groups is 1. The van der Waals surface area contributed by atoms with Crippen LogP contribution in [-0.4, -0.2) is 19.0 Å². The van der Waals surface area contributed by atoms with Gasteiger partial charge in [0.1, 0.15) is 13.2 Å². The van der Waals surface area contributed by atoms with E-state index in [1.165, 1.54) is 0 Å². The average molecular weight is 222 g/mol. The summed E-state index contributed by atoms with van der Waals surface area (Å²) in [4.78, 5) is 0. The normalized spacial score (nSPS) is 14.5. The van der Waals surface area contributed by atoms with E-state index in [4.69, 9.17) is 9.47 Å². The SMILES string of the molecule is SCCC=Cc1ccc2c(c1)OCCO2. The van der Waals surface area contributed by atoms with E-state index in [0.29, 0.717) is 13.2 Å². The third-order valence-electron chi connectivity index (χ3n) is 2.17. The standard InChI is InChI=1S/C12H14O2S/c15-8-2-1-3-10-4-5-11-12(9-10)14-7-6-13-11/h1,3-5,9,15H,2,6-8H2. The second-order valence-corrected chi connectivity index (χ2v) is 3.76. The van der Waals surface area contributed by atoms with Gasteiger partial charge in [-0.15, -0.1) is 0 Å². The van der Waals surface area contributed by atoms with E-state index in [2.05, 4.69) is 24.8 Å². The predicted octanol–water partition coefficient (Wildman–Crippen LogP) is 2.79. The molecule has 0 aromatic heterocycles. The van der Waals surface area contributed by atoms with Crippen LogP contribution in [0, 0.1) is 0 Å². The first-order valence-corrected chi connectivity index (χ1v) is 5.70. The Morgan fingerprint density at radius 2 is 2.00 bits per heavy atom. The van der Waals surface area contributed by atoms with Crippen molar-refractivity contribution in [3.63, 3.8) is 0 Å². The van der Waals surface area contributed by atoms with Crippen LogP contribution in [-0.2, 0) is 0 Å². The van der Waals surface area contributed by atoms with Crippen molar-refractivity contribution in [3.05, 3.63) is 29.8 Å². The molecule has 1 aliphatic rings. The molecule has 0 amide bonds. The summed E-state index contributed by atoms with van der Waals surface area (Å²) in [5.74, 6) is 2.56. The molecule has 0 unspecified atom stereocenters. The van der Waals surface area contributed by atoms with E-state index in [1.807, 2.05) is 18.2 Å². The zero-order valence-electron chi connectivity index (χ0n) is 8.48. The molecule has 1 aromatic carbocycles. The molecule has 1 heterocycles. The fraction of sp³-hybridized carbons (Fsp3) is 0.333. The highest BCUT2D eigenvalue weighted by atomic mass is 32.1. The van der Waals surface area contributed by atoms with Crippen LogP contribution in [0.25, 0.3) is 6.08 Å². The van der Waals surface area contributed by atoms with E-state index in [1.54, 1.807) is 0 Å². The van der Waals surface area contributed by atoms with Crippen LogP contribution < -0.4 is 9.47 Å². The largest absolute Gasteiger partial charge is 0.486 e. The van der Waals surface area contributed by atoms with Gasteiger partial charge in [-0.05, 0) is 29.9 Å². The van der Waals surface area contributed by atoms with Crippen molar-refractivity contribution in [1.82, 2.24) is 0 Å². The fourth-order valence-corrected chi connectivity index (χ4v) is 1.61. The van der Waals surface area contributed by atoms with E-state index in [0.717, 1.165) is 29.2 Å². The van der Waals surface area contributed by atoms with Gasteiger partial charge in [-0.25, -0.2) is 0 Å². The molecule has 1 aliphatic heterocycles. The Morgan fingerprint density at radius 1 is 1.20 bits per heavy atom. The number of allylic oxidation sites excluding steroid dienone is 1. The van der Waals surface area contributed by atoms with Gasteiger partial charge in [0, 0.05) is 0 Å². The Labute approximate surface area is 95.3 Å². The summed E-state index contributed by atoms with van der Waals surface area (Å²) in [6.45, 7) is 1.28. The lowest BCUT2D eigenvalue weighted by Crippen LogP contribution is -2.15. The van der Waals surface area contributed by atoms with Crippen LogP contribution >= 0.6 is 12.6 Å². The number of rotatable bonds is 3. The van der Waals surface area contributed by atoms with Crippen LogP contribution in [0.15, 0.2) is 24.3 Å². The van der Waals surface area contributed by atoms with Crippen LogP contribution in [0.2, 0.25) is 0 Å². The van der Waals surface area contributed by atoms with Crippen molar-refractivity contribution < 1.29 is 9.47 Å². The monoisotopic (exact) mass is 222 g/mol. The Morgan fingerprint density at radius 3 is 2.80 bits per heavy atom. The summed E-state index contributed by atoms with van der Waals surface area (Å²) in [5.41, 5.74) is 1.14. The van der Waals surface area contributed by atoms with E-state index < -0.39 is 0 Å². The first-order valence-electron chi connectivity index (χ1n) is 5.07. The fourth-order valence-electron chi connectivity index (χ4n) is 1.46. The van der Waals surface area contributed by atoms with Crippen LogP contribution in [0.3, 0.4) is 0 Å². The number of benzene rings is 1. The van der Waals surface area contributed by atoms with Gasteiger partial charge >= 0.3 is 0 Å². The van der Waals surface area contributed by atoms with Gasteiger partial charge in [0.05, 0.1) is 0 Å². The topological polar surface area (TPSA) is 18.5 Å². The summed E-state index contributed by atoms with van der Waals surface area (Å²) >= 11 is 4.15. The molecule has 80 valence electrons. The average Bonchev–Trinajstić information content (AvgIpc) is 2.29. The molecule has 0 fully saturated rings. The molecule has 2 rings (SSSR count). The number of fused-ring (bicyclic) bond motifs is 1. The maximum Gasteiger partial charge on any atom is 0.161 e. The molecule has 0 N–H and O–H groups in total. The molecule has 0 saturated heterocycles. The van der Waals surface area contributed by atoms with Crippen LogP contribution in [0.5, 0.6) is 11.5 Å². The van der Waals surface area contributed by atoms with Gasteiger partial charge in [-0.2, -0.15) is 12.6 Å². The predicted molar refractivity (Wildman–Crippen MR) is 64.9 cm³/mol. The van der Waals surface area contributed by atoms with Crippen molar-refractivity contribution in [2.75, 3.05) is 19.0 Å². The zero-order chi connectivity index (χ0) is 10.5. The molecule has 0 atom stereocenters. The Bertz CT molecular complexity index is 361. The maximum absolute atomic E-state index is 5.50. The van der Waals surface area contributed by atoms with Crippen LogP contribution in [0.4, 0.5) is 0 Å². The lowest BCUT2D eigenvalue weighted by molar-refractivity contribution is 0.171. The number of hydrogen-bond donors (Lipinski definition) is 1. The van der Waals surface area contributed by atoms with Gasteiger partial charge in [-0.1, -0.05) is 18.2 Å². The Balaban J connectivity index is 2.13. The summed E-state index contributed by atoms with van der Waals surface area (Å²) in [6, 6.07) is 5.99. The molecular weight excluding hydrogens is 208 g/mol. The molecule has 3 heteroatoms. The molecule has 0 aliphatic carbocycles. The van der Waals surface area contributed by atoms with Crippen molar-refractivity contribution >= 4 is 18.7 Å². The Hall–Kier alpha value is -1.09. The lowest BCUT2D eigenvalue weighted by Gasteiger charge is -2.18. The summed E-state index contributed by atoms with van der Waals surface area (Å²) in [6.07, 6.45) is 5.17. The minimum atomic E-state index is 0.636. The summed E-state index contributed by atoms with van der Waals surface area (Å²) in [7, 11) is 0. The van der Waals surface area contributed by atoms with E-state index in [-0.39, 0.29) is 0 Å². The number of ether oxygens (including phenoxy) is 2. The second kappa shape index (κ2) is 5.12. The van der Waals surface area contributed by atoms with Gasteiger partial charge < -0.3 is 9.47 Å². The van der Waals surface area contributed by atoms with E-state index >= 15 is 0 Å². The molecule has 2 nitrogen and oxygen atoms in total. The first-order chi connectivity index (χ1) is 7.40. The molecule has 1 aromatic rings.